The van der Waals surface area contributed by atoms with Crippen LogP contribution in [0.3, 0.4) is 0 Å². The second-order valence-corrected chi connectivity index (χ2v) is 7.69. The number of fused-ring (bicyclic) bond motifs is 2. The summed E-state index contributed by atoms with van der Waals surface area (Å²) in [6.07, 6.45) is 8.24. The van der Waals surface area contributed by atoms with E-state index in [0.29, 0.717) is 16.6 Å². The average Bonchev–Trinajstić information content (AvgIpc) is 3.04. The SMILES string of the molecule is O=c1[nH]c2cccnc2n1C1(Nc2ncc3ccc(Cl)cc3n2)CCCCC1. The molecule has 0 amide bonds. The molecule has 142 valence electrons. The summed E-state index contributed by atoms with van der Waals surface area (Å²) in [6.45, 7) is 0. The lowest BCUT2D eigenvalue weighted by Gasteiger charge is -2.38. The number of aromatic amines is 1. The summed E-state index contributed by atoms with van der Waals surface area (Å²) in [5, 5.41) is 5.02. The zero-order chi connectivity index (χ0) is 19.1. The van der Waals surface area contributed by atoms with Gasteiger partial charge in [-0.1, -0.05) is 18.0 Å². The molecule has 0 unspecified atom stereocenters. The summed E-state index contributed by atoms with van der Waals surface area (Å²) < 4.78 is 1.74. The van der Waals surface area contributed by atoms with Gasteiger partial charge in [-0.15, -0.1) is 0 Å². The Balaban J connectivity index is 1.64. The van der Waals surface area contributed by atoms with Crippen LogP contribution in [0.2, 0.25) is 5.02 Å². The first-order chi connectivity index (χ1) is 13.6. The van der Waals surface area contributed by atoms with Crippen molar-refractivity contribution < 1.29 is 0 Å². The zero-order valence-electron chi connectivity index (χ0n) is 15.2. The van der Waals surface area contributed by atoms with Gasteiger partial charge in [-0.2, -0.15) is 0 Å². The Morgan fingerprint density at radius 1 is 1.14 bits per heavy atom. The monoisotopic (exact) mass is 394 g/mol. The first kappa shape index (κ1) is 17.2. The largest absolute Gasteiger partial charge is 0.331 e. The second kappa shape index (κ2) is 6.60. The number of anilines is 1. The van der Waals surface area contributed by atoms with Crippen molar-refractivity contribution >= 4 is 39.6 Å². The van der Waals surface area contributed by atoms with Crippen molar-refractivity contribution in [2.75, 3.05) is 5.32 Å². The lowest BCUT2D eigenvalue weighted by atomic mass is 9.88. The molecule has 3 aromatic heterocycles. The van der Waals surface area contributed by atoms with Crippen molar-refractivity contribution in [3.05, 3.63) is 58.2 Å². The number of hydrogen-bond donors (Lipinski definition) is 2. The highest BCUT2D eigenvalue weighted by Crippen LogP contribution is 2.36. The van der Waals surface area contributed by atoms with Crippen LogP contribution in [0.25, 0.3) is 22.1 Å². The topological polar surface area (TPSA) is 88.5 Å². The Kier molecular flexibility index (Phi) is 4.05. The minimum Gasteiger partial charge on any atom is -0.331 e. The summed E-state index contributed by atoms with van der Waals surface area (Å²) in [6, 6.07) is 9.22. The Morgan fingerprint density at radius 2 is 2.00 bits per heavy atom. The van der Waals surface area contributed by atoms with Gasteiger partial charge in [-0.05, 0) is 56.0 Å². The van der Waals surface area contributed by atoms with Gasteiger partial charge in [0.25, 0.3) is 0 Å². The molecule has 1 fully saturated rings. The molecular weight excluding hydrogens is 376 g/mol. The fraction of sp³-hybridized carbons (Fsp3) is 0.300. The van der Waals surface area contributed by atoms with Crippen molar-refractivity contribution in [1.82, 2.24) is 24.5 Å². The van der Waals surface area contributed by atoms with Gasteiger partial charge in [0.1, 0.15) is 5.66 Å². The van der Waals surface area contributed by atoms with Crippen LogP contribution in [-0.2, 0) is 5.66 Å². The third-order valence-electron chi connectivity index (χ3n) is 5.44. The van der Waals surface area contributed by atoms with Gasteiger partial charge in [-0.25, -0.2) is 19.7 Å². The lowest BCUT2D eigenvalue weighted by Crippen LogP contribution is -2.48. The maximum Gasteiger partial charge on any atom is 0.329 e. The number of rotatable bonds is 3. The summed E-state index contributed by atoms with van der Waals surface area (Å²) in [4.78, 5) is 29.4. The molecule has 0 bridgehead atoms. The number of pyridine rings is 1. The van der Waals surface area contributed by atoms with Gasteiger partial charge in [0.05, 0.1) is 11.0 Å². The van der Waals surface area contributed by atoms with Crippen molar-refractivity contribution in [3.8, 4) is 0 Å². The number of halogens is 1. The van der Waals surface area contributed by atoms with E-state index in [0.717, 1.165) is 48.5 Å². The molecule has 0 aliphatic heterocycles. The molecule has 1 saturated carbocycles. The Labute approximate surface area is 165 Å². The summed E-state index contributed by atoms with van der Waals surface area (Å²) in [7, 11) is 0. The van der Waals surface area contributed by atoms with Crippen LogP contribution < -0.4 is 11.0 Å². The number of hydrogen-bond acceptors (Lipinski definition) is 5. The number of nitrogens with zero attached hydrogens (tertiary/aromatic N) is 4. The Bertz CT molecular complexity index is 1220. The van der Waals surface area contributed by atoms with Gasteiger partial charge in [-0.3, -0.25) is 4.57 Å². The molecule has 1 aromatic carbocycles. The molecule has 1 aliphatic rings. The molecule has 0 radical (unpaired) electrons. The molecule has 2 N–H and O–H groups in total. The van der Waals surface area contributed by atoms with Crippen LogP contribution in [0.5, 0.6) is 0 Å². The minimum atomic E-state index is -0.617. The Morgan fingerprint density at radius 3 is 2.86 bits per heavy atom. The zero-order valence-corrected chi connectivity index (χ0v) is 15.9. The van der Waals surface area contributed by atoms with Crippen LogP contribution >= 0.6 is 11.6 Å². The van der Waals surface area contributed by atoms with Crippen LogP contribution in [0, 0.1) is 0 Å². The first-order valence-corrected chi connectivity index (χ1v) is 9.79. The third-order valence-corrected chi connectivity index (χ3v) is 5.68. The molecule has 0 spiro atoms. The highest BCUT2D eigenvalue weighted by molar-refractivity contribution is 6.31. The summed E-state index contributed by atoms with van der Waals surface area (Å²) >= 11 is 6.12. The Hall–Kier alpha value is -2.93. The molecule has 0 atom stereocenters. The van der Waals surface area contributed by atoms with E-state index in [2.05, 4.69) is 25.3 Å². The second-order valence-electron chi connectivity index (χ2n) is 7.25. The van der Waals surface area contributed by atoms with E-state index in [1.54, 1.807) is 17.0 Å². The fourth-order valence-electron chi connectivity index (χ4n) is 4.14. The smallest absolute Gasteiger partial charge is 0.329 e. The minimum absolute atomic E-state index is 0.174. The van der Waals surface area contributed by atoms with E-state index in [1.807, 2.05) is 30.3 Å². The molecule has 1 aliphatic carbocycles. The highest BCUT2D eigenvalue weighted by Gasteiger charge is 2.37. The molecule has 5 rings (SSSR count). The van der Waals surface area contributed by atoms with Crippen LogP contribution in [0.1, 0.15) is 32.1 Å². The quantitative estimate of drug-likeness (QED) is 0.547. The molecule has 7 nitrogen and oxygen atoms in total. The predicted octanol–water partition coefficient (Wildman–Crippen LogP) is 4.05. The fourth-order valence-corrected chi connectivity index (χ4v) is 4.31. The predicted molar refractivity (Wildman–Crippen MR) is 110 cm³/mol. The van der Waals surface area contributed by atoms with Crippen LogP contribution in [0.15, 0.2) is 47.5 Å². The summed E-state index contributed by atoms with van der Waals surface area (Å²) in [5.41, 5.74) is 1.34. The molecule has 28 heavy (non-hydrogen) atoms. The molecule has 4 aromatic rings. The molecule has 0 saturated heterocycles. The van der Waals surface area contributed by atoms with E-state index < -0.39 is 5.66 Å². The number of imidazole rings is 1. The number of H-pyrrole nitrogens is 1. The van der Waals surface area contributed by atoms with E-state index in [4.69, 9.17) is 11.6 Å². The number of nitrogens with one attached hydrogen (secondary N) is 2. The number of benzene rings is 1. The van der Waals surface area contributed by atoms with Crippen molar-refractivity contribution in [2.45, 2.75) is 37.8 Å². The maximum atomic E-state index is 12.9. The number of aromatic nitrogens is 5. The highest BCUT2D eigenvalue weighted by atomic mass is 35.5. The van der Waals surface area contributed by atoms with Gasteiger partial charge in [0, 0.05) is 22.8 Å². The van der Waals surface area contributed by atoms with Gasteiger partial charge >= 0.3 is 5.69 Å². The van der Waals surface area contributed by atoms with Crippen LogP contribution in [0.4, 0.5) is 5.95 Å². The van der Waals surface area contributed by atoms with Gasteiger partial charge < -0.3 is 10.3 Å². The summed E-state index contributed by atoms with van der Waals surface area (Å²) in [5.74, 6) is 0.480. The van der Waals surface area contributed by atoms with E-state index in [9.17, 15) is 4.79 Å². The molecular formula is C20H19ClN6O. The van der Waals surface area contributed by atoms with E-state index in [1.165, 1.54) is 0 Å². The van der Waals surface area contributed by atoms with Crippen LogP contribution in [-0.4, -0.2) is 24.5 Å². The standard InChI is InChI=1S/C20H19ClN6O/c21-14-7-6-13-12-23-18(24-16(13)11-14)26-20(8-2-1-3-9-20)27-17-15(25-19(27)28)5-4-10-22-17/h4-7,10-12H,1-3,8-9H2,(H,25,28)(H,23,24,26). The average molecular weight is 395 g/mol. The van der Waals surface area contributed by atoms with Crippen molar-refractivity contribution in [3.63, 3.8) is 0 Å². The molecule has 8 heteroatoms. The van der Waals surface area contributed by atoms with Crippen molar-refractivity contribution in [2.24, 2.45) is 0 Å². The van der Waals surface area contributed by atoms with E-state index >= 15 is 0 Å². The first-order valence-electron chi connectivity index (χ1n) is 9.41. The normalized spacial score (nSPS) is 16.5. The lowest BCUT2D eigenvalue weighted by molar-refractivity contribution is 0.228. The third kappa shape index (κ3) is 2.82. The maximum absolute atomic E-state index is 12.9. The van der Waals surface area contributed by atoms with Crippen molar-refractivity contribution in [1.29, 1.82) is 0 Å². The van der Waals surface area contributed by atoms with Gasteiger partial charge in [0.15, 0.2) is 5.65 Å². The molecule has 3 heterocycles. The van der Waals surface area contributed by atoms with E-state index in [-0.39, 0.29) is 5.69 Å². The van der Waals surface area contributed by atoms with Gasteiger partial charge in [0.2, 0.25) is 5.95 Å².